The minimum Gasteiger partial charge on any atom is -0.372 e. The number of likely N-dealkylation sites (tertiary alicyclic amines) is 1. The normalized spacial score (nSPS) is 19.0. The van der Waals surface area contributed by atoms with Gasteiger partial charge in [-0.05, 0) is 38.3 Å². The summed E-state index contributed by atoms with van der Waals surface area (Å²) < 4.78 is 5.23. The van der Waals surface area contributed by atoms with Crippen LogP contribution in [-0.2, 0) is 14.3 Å². The Kier molecular flexibility index (Phi) is 5.49. The second-order valence-electron chi connectivity index (χ2n) is 5.59. The number of hydrogen-bond acceptors (Lipinski definition) is 4. The highest BCUT2D eigenvalue weighted by atomic mass is 16.5. The summed E-state index contributed by atoms with van der Waals surface area (Å²) in [7, 11) is 3.26. The maximum atomic E-state index is 12.4. The number of anilines is 1. The van der Waals surface area contributed by atoms with Crippen LogP contribution in [-0.4, -0.2) is 55.0 Å². The van der Waals surface area contributed by atoms with Crippen LogP contribution in [0.1, 0.15) is 25.0 Å². The van der Waals surface area contributed by atoms with Crippen LogP contribution in [0.15, 0.2) is 18.3 Å². The molecule has 22 heavy (non-hydrogen) atoms. The molecule has 1 fully saturated rings. The number of likely N-dealkylation sites (N-methyl/N-ethyl adjacent to an activating group) is 1. The fourth-order valence-corrected chi connectivity index (χ4v) is 2.60. The Labute approximate surface area is 131 Å². The van der Waals surface area contributed by atoms with Crippen molar-refractivity contribution in [2.24, 2.45) is 0 Å². The number of nitrogens with zero attached hydrogens (tertiary/aromatic N) is 3. The summed E-state index contributed by atoms with van der Waals surface area (Å²) in [6.07, 6.45) is 3.81. The number of rotatable bonds is 4. The molecule has 2 rings (SSSR count). The number of carbonyl (C=O) groups is 2. The molecular weight excluding hydrogens is 282 g/mol. The van der Waals surface area contributed by atoms with Gasteiger partial charge in [-0.25, -0.2) is 0 Å². The summed E-state index contributed by atoms with van der Waals surface area (Å²) in [5, 5.41) is 0. The van der Waals surface area contributed by atoms with Gasteiger partial charge in [-0.2, -0.15) is 0 Å². The third-order valence-electron chi connectivity index (χ3n) is 3.98. The minimum atomic E-state index is -0.427. The summed E-state index contributed by atoms with van der Waals surface area (Å²) in [5.41, 5.74) is 1.63. The number of aromatic nitrogens is 1. The van der Waals surface area contributed by atoms with Crippen molar-refractivity contribution in [3.05, 3.63) is 24.0 Å². The van der Waals surface area contributed by atoms with Crippen LogP contribution in [0.5, 0.6) is 0 Å². The first-order valence-electron chi connectivity index (χ1n) is 7.53. The third-order valence-corrected chi connectivity index (χ3v) is 3.98. The zero-order valence-corrected chi connectivity index (χ0v) is 13.4. The Balaban J connectivity index is 2.05. The van der Waals surface area contributed by atoms with Gasteiger partial charge in [0.2, 0.25) is 5.91 Å². The van der Waals surface area contributed by atoms with Crippen LogP contribution >= 0.6 is 0 Å². The molecule has 0 radical (unpaired) electrons. The Bertz CT molecular complexity index is 547. The monoisotopic (exact) mass is 305 g/mol. The maximum Gasteiger partial charge on any atom is 0.252 e. The van der Waals surface area contributed by atoms with Crippen LogP contribution in [0, 0.1) is 6.92 Å². The van der Waals surface area contributed by atoms with Crippen molar-refractivity contribution in [3.8, 4) is 0 Å². The highest BCUT2D eigenvalue weighted by Gasteiger charge is 2.28. The molecule has 2 amide bonds. The molecule has 6 heteroatoms. The van der Waals surface area contributed by atoms with Crippen molar-refractivity contribution in [1.29, 1.82) is 0 Å². The lowest BCUT2D eigenvalue weighted by atomic mass is 10.2. The van der Waals surface area contributed by atoms with E-state index in [-0.39, 0.29) is 18.4 Å². The van der Waals surface area contributed by atoms with E-state index in [0.717, 1.165) is 30.6 Å². The molecule has 0 saturated carbocycles. The number of ether oxygens (including phenoxy) is 1. The Hall–Kier alpha value is -1.95. The number of aryl methyl sites for hydroxylation is 1. The second kappa shape index (κ2) is 7.35. The van der Waals surface area contributed by atoms with Gasteiger partial charge in [0, 0.05) is 38.3 Å². The zero-order chi connectivity index (χ0) is 16.1. The number of hydrogen-bond donors (Lipinski definition) is 0. The molecule has 1 atom stereocenters. The van der Waals surface area contributed by atoms with Crippen molar-refractivity contribution >= 4 is 17.5 Å². The number of carbonyl (C=O) groups excluding carboxylic acids is 2. The lowest BCUT2D eigenvalue weighted by Gasteiger charge is -2.26. The van der Waals surface area contributed by atoms with Crippen molar-refractivity contribution < 1.29 is 14.3 Å². The molecule has 0 aromatic carbocycles. The average Bonchev–Trinajstić information content (AvgIpc) is 2.68. The van der Waals surface area contributed by atoms with E-state index in [2.05, 4.69) is 4.98 Å². The van der Waals surface area contributed by atoms with Gasteiger partial charge in [-0.1, -0.05) is 0 Å². The van der Waals surface area contributed by atoms with E-state index in [1.807, 2.05) is 13.0 Å². The van der Waals surface area contributed by atoms with Crippen molar-refractivity contribution in [2.75, 3.05) is 32.1 Å². The molecule has 1 aromatic heterocycles. The number of pyridine rings is 1. The predicted molar refractivity (Wildman–Crippen MR) is 83.6 cm³/mol. The molecule has 0 bridgehead atoms. The molecule has 6 nitrogen and oxygen atoms in total. The molecule has 1 aromatic rings. The van der Waals surface area contributed by atoms with E-state index in [4.69, 9.17) is 4.74 Å². The van der Waals surface area contributed by atoms with E-state index >= 15 is 0 Å². The summed E-state index contributed by atoms with van der Waals surface area (Å²) in [6, 6.07) is 3.63. The number of methoxy groups -OCH3 is 1. The second-order valence-corrected chi connectivity index (χ2v) is 5.59. The van der Waals surface area contributed by atoms with E-state index in [1.54, 1.807) is 36.2 Å². The highest BCUT2D eigenvalue weighted by Crippen LogP contribution is 2.16. The summed E-state index contributed by atoms with van der Waals surface area (Å²) in [5.74, 6) is -0.205. The SMILES string of the molecule is COC1CCCCN(CC(=O)N(C)c2ccnc(C)c2)C1=O. The highest BCUT2D eigenvalue weighted by molar-refractivity contribution is 5.96. The summed E-state index contributed by atoms with van der Waals surface area (Å²) in [6.45, 7) is 2.56. The van der Waals surface area contributed by atoms with E-state index in [9.17, 15) is 9.59 Å². The fraction of sp³-hybridized carbons (Fsp3) is 0.562. The Morgan fingerprint density at radius 2 is 2.27 bits per heavy atom. The quantitative estimate of drug-likeness (QED) is 0.843. The largest absolute Gasteiger partial charge is 0.372 e. The molecule has 1 aliphatic rings. The van der Waals surface area contributed by atoms with Gasteiger partial charge in [-0.3, -0.25) is 14.6 Å². The van der Waals surface area contributed by atoms with Crippen molar-refractivity contribution in [3.63, 3.8) is 0 Å². The predicted octanol–water partition coefficient (Wildman–Crippen LogP) is 1.38. The standard InChI is InChI=1S/C16H23N3O3/c1-12-10-13(7-8-17-12)18(2)15(20)11-19-9-5-4-6-14(22-3)16(19)21/h7-8,10,14H,4-6,9,11H2,1-3H3. The zero-order valence-electron chi connectivity index (χ0n) is 13.4. The molecule has 0 aliphatic carbocycles. The van der Waals surface area contributed by atoms with Crippen LogP contribution < -0.4 is 4.90 Å². The fourth-order valence-electron chi connectivity index (χ4n) is 2.60. The first-order valence-corrected chi connectivity index (χ1v) is 7.53. The van der Waals surface area contributed by atoms with E-state index in [1.165, 1.54) is 0 Å². The van der Waals surface area contributed by atoms with Crippen LogP contribution in [0.2, 0.25) is 0 Å². The van der Waals surface area contributed by atoms with Gasteiger partial charge in [0.15, 0.2) is 0 Å². The minimum absolute atomic E-state index is 0.0799. The molecule has 1 saturated heterocycles. The van der Waals surface area contributed by atoms with Gasteiger partial charge in [0.25, 0.3) is 5.91 Å². The first-order chi connectivity index (χ1) is 10.5. The maximum absolute atomic E-state index is 12.4. The van der Waals surface area contributed by atoms with Gasteiger partial charge >= 0.3 is 0 Å². The molecule has 0 N–H and O–H groups in total. The first kappa shape index (κ1) is 16.4. The molecule has 0 spiro atoms. The molecule has 2 heterocycles. The third kappa shape index (κ3) is 3.82. The Morgan fingerprint density at radius 1 is 1.50 bits per heavy atom. The van der Waals surface area contributed by atoms with Crippen LogP contribution in [0.25, 0.3) is 0 Å². The van der Waals surface area contributed by atoms with Crippen molar-refractivity contribution in [1.82, 2.24) is 9.88 Å². The lowest BCUT2D eigenvalue weighted by molar-refractivity contribution is -0.143. The smallest absolute Gasteiger partial charge is 0.252 e. The summed E-state index contributed by atoms with van der Waals surface area (Å²) >= 11 is 0. The van der Waals surface area contributed by atoms with Crippen molar-refractivity contribution in [2.45, 2.75) is 32.3 Å². The molecule has 1 unspecified atom stereocenters. The molecular formula is C16H23N3O3. The average molecular weight is 305 g/mol. The lowest BCUT2D eigenvalue weighted by Crippen LogP contribution is -2.45. The van der Waals surface area contributed by atoms with Gasteiger partial charge in [0.05, 0.1) is 0 Å². The van der Waals surface area contributed by atoms with Gasteiger partial charge < -0.3 is 14.5 Å². The van der Waals surface area contributed by atoms with E-state index < -0.39 is 6.10 Å². The van der Waals surface area contributed by atoms with Crippen LogP contribution in [0.4, 0.5) is 5.69 Å². The van der Waals surface area contributed by atoms with Crippen LogP contribution in [0.3, 0.4) is 0 Å². The Morgan fingerprint density at radius 3 is 2.95 bits per heavy atom. The topological polar surface area (TPSA) is 62.7 Å². The van der Waals surface area contributed by atoms with E-state index in [0.29, 0.717) is 6.54 Å². The van der Waals surface area contributed by atoms with Gasteiger partial charge in [-0.15, -0.1) is 0 Å². The summed E-state index contributed by atoms with van der Waals surface area (Å²) in [4.78, 5) is 32.1. The molecule has 120 valence electrons. The van der Waals surface area contributed by atoms with Gasteiger partial charge in [0.1, 0.15) is 12.6 Å². The molecule has 1 aliphatic heterocycles. The number of amides is 2.